The molecule has 0 saturated carbocycles. The molecule has 2 N–H and O–H groups in total. The first-order valence-corrected chi connectivity index (χ1v) is 7.66. The van der Waals surface area contributed by atoms with Crippen molar-refractivity contribution in [3.63, 3.8) is 0 Å². The number of hydrogen-bond acceptors (Lipinski definition) is 4. The average molecular weight is 310 g/mol. The molecule has 0 unspecified atom stereocenters. The van der Waals surface area contributed by atoms with Gasteiger partial charge in [-0.1, -0.05) is 0 Å². The summed E-state index contributed by atoms with van der Waals surface area (Å²) in [6, 6.07) is 2.97. The zero-order valence-electron chi connectivity index (χ0n) is 11.8. The van der Waals surface area contributed by atoms with Gasteiger partial charge < -0.3 is 15.3 Å². The van der Waals surface area contributed by atoms with Crippen molar-refractivity contribution in [1.82, 2.24) is 10.2 Å². The lowest BCUT2D eigenvalue weighted by atomic mass is 9.97. The van der Waals surface area contributed by atoms with Gasteiger partial charge in [0.25, 0.3) is 5.91 Å². The Balaban J connectivity index is 1.79. The number of carbonyl (C=O) groups is 3. The van der Waals surface area contributed by atoms with E-state index < -0.39 is 5.97 Å². The van der Waals surface area contributed by atoms with Crippen molar-refractivity contribution in [1.29, 1.82) is 0 Å². The third kappa shape index (κ3) is 4.04. The lowest BCUT2D eigenvalue weighted by molar-refractivity contribution is -0.130. The molecule has 1 aliphatic heterocycles. The topological polar surface area (TPSA) is 86.7 Å². The zero-order chi connectivity index (χ0) is 15.4. The van der Waals surface area contributed by atoms with E-state index in [4.69, 9.17) is 5.11 Å². The van der Waals surface area contributed by atoms with Crippen molar-refractivity contribution in [2.45, 2.75) is 19.8 Å². The largest absolute Gasteiger partial charge is 0.477 e. The third-order valence-electron chi connectivity index (χ3n) is 3.65. The molecule has 1 aromatic rings. The molecule has 2 rings (SSSR count). The first-order valence-electron chi connectivity index (χ1n) is 6.84. The molecule has 114 valence electrons. The summed E-state index contributed by atoms with van der Waals surface area (Å²) in [4.78, 5) is 36.3. The summed E-state index contributed by atoms with van der Waals surface area (Å²) < 4.78 is 0. The average Bonchev–Trinajstić information content (AvgIpc) is 2.95. The van der Waals surface area contributed by atoms with Crippen LogP contribution >= 0.6 is 11.3 Å². The Bertz CT molecular complexity index is 547. The molecule has 0 bridgehead atoms. The van der Waals surface area contributed by atoms with E-state index in [2.05, 4.69) is 5.32 Å². The Labute approximate surface area is 126 Å². The molecule has 0 atom stereocenters. The lowest BCUT2D eigenvalue weighted by Gasteiger charge is -2.31. The smallest absolute Gasteiger partial charge is 0.345 e. The second-order valence-electron chi connectivity index (χ2n) is 5.13. The SMILES string of the molecule is CC(=O)N1CCC(CNC(=O)c2ccc(C(=O)O)s2)CC1. The number of nitrogens with one attached hydrogen (secondary N) is 1. The maximum Gasteiger partial charge on any atom is 0.345 e. The van der Waals surface area contributed by atoms with Crippen LogP contribution in [0.15, 0.2) is 12.1 Å². The van der Waals surface area contributed by atoms with Gasteiger partial charge in [-0.3, -0.25) is 9.59 Å². The molecular weight excluding hydrogens is 292 g/mol. The first-order chi connectivity index (χ1) is 9.97. The second-order valence-corrected chi connectivity index (χ2v) is 6.21. The number of amides is 2. The van der Waals surface area contributed by atoms with Crippen LogP contribution in [0.3, 0.4) is 0 Å². The summed E-state index contributed by atoms with van der Waals surface area (Å²) in [6.45, 7) is 3.60. The fourth-order valence-electron chi connectivity index (χ4n) is 2.35. The maximum atomic E-state index is 11.9. The van der Waals surface area contributed by atoms with Crippen molar-refractivity contribution < 1.29 is 19.5 Å². The predicted molar refractivity (Wildman–Crippen MR) is 78.6 cm³/mol. The Morgan fingerprint density at radius 2 is 1.90 bits per heavy atom. The highest BCUT2D eigenvalue weighted by atomic mass is 32.1. The zero-order valence-corrected chi connectivity index (χ0v) is 12.6. The van der Waals surface area contributed by atoms with Crippen LogP contribution in [0.1, 0.15) is 39.1 Å². The minimum Gasteiger partial charge on any atom is -0.477 e. The van der Waals surface area contributed by atoms with Crippen LogP contribution in [0.5, 0.6) is 0 Å². The molecule has 0 aliphatic carbocycles. The summed E-state index contributed by atoms with van der Waals surface area (Å²) in [5.74, 6) is -0.794. The van der Waals surface area contributed by atoms with Crippen LogP contribution in [0.2, 0.25) is 0 Å². The fourth-order valence-corrected chi connectivity index (χ4v) is 3.11. The van der Waals surface area contributed by atoms with Gasteiger partial charge in [-0.2, -0.15) is 0 Å². The predicted octanol–water partition coefficient (Wildman–Crippen LogP) is 1.43. The quantitative estimate of drug-likeness (QED) is 0.881. The molecular formula is C14H18N2O4S. The summed E-state index contributed by atoms with van der Waals surface area (Å²) >= 11 is 0.976. The molecule has 1 aromatic heterocycles. The number of aromatic carboxylic acids is 1. The van der Waals surface area contributed by atoms with Crippen LogP contribution < -0.4 is 5.32 Å². The van der Waals surface area contributed by atoms with Gasteiger partial charge in [0.2, 0.25) is 5.91 Å². The van der Waals surface area contributed by atoms with E-state index in [1.54, 1.807) is 6.92 Å². The van der Waals surface area contributed by atoms with Crippen LogP contribution in [-0.4, -0.2) is 47.4 Å². The molecule has 2 amide bonds. The summed E-state index contributed by atoms with van der Waals surface area (Å²) in [6.07, 6.45) is 1.76. The van der Waals surface area contributed by atoms with Crippen molar-refractivity contribution in [3.05, 3.63) is 21.9 Å². The number of hydrogen-bond donors (Lipinski definition) is 2. The number of nitrogens with zero attached hydrogens (tertiary/aromatic N) is 1. The van der Waals surface area contributed by atoms with Crippen LogP contribution in [0, 0.1) is 5.92 Å². The van der Waals surface area contributed by atoms with Gasteiger partial charge in [-0.15, -0.1) is 11.3 Å². The van der Waals surface area contributed by atoms with Gasteiger partial charge in [0, 0.05) is 26.6 Å². The van der Waals surface area contributed by atoms with Crippen molar-refractivity contribution in [2.24, 2.45) is 5.92 Å². The number of carbonyl (C=O) groups excluding carboxylic acids is 2. The summed E-state index contributed by atoms with van der Waals surface area (Å²) in [7, 11) is 0. The Hall–Kier alpha value is -1.89. The second kappa shape index (κ2) is 6.71. The molecule has 6 nitrogen and oxygen atoms in total. The van der Waals surface area contributed by atoms with Gasteiger partial charge in [-0.05, 0) is 30.9 Å². The third-order valence-corrected chi connectivity index (χ3v) is 4.72. The molecule has 21 heavy (non-hydrogen) atoms. The van der Waals surface area contributed by atoms with Crippen LogP contribution in [0.4, 0.5) is 0 Å². The van der Waals surface area contributed by atoms with E-state index in [0.717, 1.165) is 37.3 Å². The number of likely N-dealkylation sites (tertiary alicyclic amines) is 1. The number of carboxylic acids is 1. The van der Waals surface area contributed by atoms with Crippen molar-refractivity contribution >= 4 is 29.1 Å². The first kappa shape index (κ1) is 15.5. The van der Waals surface area contributed by atoms with Crippen LogP contribution in [0.25, 0.3) is 0 Å². The fraction of sp³-hybridized carbons (Fsp3) is 0.500. The van der Waals surface area contributed by atoms with Crippen molar-refractivity contribution in [2.75, 3.05) is 19.6 Å². The standard InChI is InChI=1S/C14H18N2O4S/c1-9(17)16-6-4-10(5-7-16)8-15-13(18)11-2-3-12(21-11)14(19)20/h2-3,10H,4-8H2,1H3,(H,15,18)(H,19,20). The molecule has 0 spiro atoms. The summed E-state index contributed by atoms with van der Waals surface area (Å²) in [5.41, 5.74) is 0. The summed E-state index contributed by atoms with van der Waals surface area (Å²) in [5, 5.41) is 11.7. The Kier molecular flexibility index (Phi) is 4.95. The molecule has 1 fully saturated rings. The van der Waals surface area contributed by atoms with E-state index in [1.165, 1.54) is 12.1 Å². The van der Waals surface area contributed by atoms with Gasteiger partial charge in [0.1, 0.15) is 4.88 Å². The molecule has 0 aromatic carbocycles. The van der Waals surface area contributed by atoms with Gasteiger partial charge >= 0.3 is 5.97 Å². The number of carboxylic acid groups (broad SMARTS) is 1. The minimum absolute atomic E-state index is 0.0947. The number of rotatable bonds is 4. The van der Waals surface area contributed by atoms with Crippen molar-refractivity contribution in [3.8, 4) is 0 Å². The monoisotopic (exact) mass is 310 g/mol. The normalized spacial score (nSPS) is 15.8. The lowest BCUT2D eigenvalue weighted by Crippen LogP contribution is -2.40. The molecule has 1 aliphatic rings. The molecule has 1 saturated heterocycles. The minimum atomic E-state index is -1.02. The van der Waals surface area contributed by atoms with Gasteiger partial charge in [0.05, 0.1) is 4.88 Å². The van der Waals surface area contributed by atoms with E-state index in [0.29, 0.717) is 17.3 Å². The van der Waals surface area contributed by atoms with E-state index in [9.17, 15) is 14.4 Å². The number of thiophene rings is 1. The van der Waals surface area contributed by atoms with E-state index in [-0.39, 0.29) is 16.7 Å². The maximum absolute atomic E-state index is 11.9. The number of piperidine rings is 1. The highest BCUT2D eigenvalue weighted by molar-refractivity contribution is 7.15. The highest BCUT2D eigenvalue weighted by Gasteiger charge is 2.21. The Morgan fingerprint density at radius 3 is 2.43 bits per heavy atom. The van der Waals surface area contributed by atoms with Gasteiger partial charge in [-0.25, -0.2) is 4.79 Å². The Morgan fingerprint density at radius 1 is 1.29 bits per heavy atom. The van der Waals surface area contributed by atoms with E-state index >= 15 is 0 Å². The highest BCUT2D eigenvalue weighted by Crippen LogP contribution is 2.18. The molecule has 0 radical (unpaired) electrons. The van der Waals surface area contributed by atoms with E-state index in [1.807, 2.05) is 4.90 Å². The molecule has 2 heterocycles. The van der Waals surface area contributed by atoms with Gasteiger partial charge in [0.15, 0.2) is 0 Å². The van der Waals surface area contributed by atoms with Crippen LogP contribution in [-0.2, 0) is 4.79 Å². The molecule has 7 heteroatoms.